The van der Waals surface area contributed by atoms with E-state index in [0.717, 1.165) is 25.9 Å². The van der Waals surface area contributed by atoms with Crippen LogP contribution in [0, 0.1) is 0 Å². The number of piperidine rings is 1. The summed E-state index contributed by atoms with van der Waals surface area (Å²) in [6, 6.07) is 0.447. The molecule has 1 amide bonds. The van der Waals surface area contributed by atoms with Crippen LogP contribution in [0.1, 0.15) is 33.6 Å². The number of nitrogens with zero attached hydrogens (tertiary/aromatic N) is 3. The molecule has 2 heterocycles. The van der Waals surface area contributed by atoms with E-state index < -0.39 is 12.0 Å². The van der Waals surface area contributed by atoms with Gasteiger partial charge in [-0.05, 0) is 33.6 Å². The number of rotatable bonds is 3. The topological polar surface area (TPSA) is 36.0 Å². The van der Waals surface area contributed by atoms with Crippen molar-refractivity contribution in [2.75, 3.05) is 45.8 Å². The highest BCUT2D eigenvalue weighted by Crippen LogP contribution is 2.20. The fourth-order valence-corrected chi connectivity index (χ4v) is 3.25. The number of carbonyl (C=O) groups excluding carboxylic acids is 1. The molecule has 0 aromatic rings. The van der Waals surface area contributed by atoms with Crippen LogP contribution >= 0.6 is 0 Å². The summed E-state index contributed by atoms with van der Waals surface area (Å²) >= 11 is 0. The van der Waals surface area contributed by atoms with Crippen LogP contribution in [0.5, 0.6) is 0 Å². The molecule has 2 rings (SSSR count). The molecule has 0 aliphatic carbocycles. The molecule has 2 fully saturated rings. The Kier molecular flexibility index (Phi) is 6.19. The van der Waals surface area contributed by atoms with Crippen molar-refractivity contribution in [3.05, 3.63) is 0 Å². The number of likely N-dealkylation sites (tertiary alicyclic amines) is 1. The zero-order valence-electron chi connectivity index (χ0n) is 14.4. The Hall–Kier alpha value is -0.950. The van der Waals surface area contributed by atoms with Gasteiger partial charge < -0.3 is 9.64 Å². The van der Waals surface area contributed by atoms with E-state index >= 15 is 0 Å². The third-order valence-corrected chi connectivity index (χ3v) is 4.44. The van der Waals surface area contributed by atoms with Crippen molar-refractivity contribution in [1.82, 2.24) is 14.7 Å². The Morgan fingerprint density at radius 2 is 1.65 bits per heavy atom. The van der Waals surface area contributed by atoms with Crippen LogP contribution in [0.3, 0.4) is 0 Å². The molecule has 0 aromatic carbocycles. The van der Waals surface area contributed by atoms with E-state index in [-0.39, 0.29) is 12.6 Å². The molecule has 0 N–H and O–H groups in total. The summed E-state index contributed by atoms with van der Waals surface area (Å²) in [6.07, 6.45) is -0.640. The zero-order chi connectivity index (χ0) is 17.0. The number of hydrogen-bond acceptors (Lipinski definition) is 4. The molecule has 0 unspecified atom stereocenters. The standard InChI is InChI=1S/C16H29F2N3O2/c1-16(2,3)23-15(22)21-6-4-13(5-7-21)20-10-8-19(9-11-20)12-14(17)18/h13-14H,4-12H2,1-3H3. The summed E-state index contributed by atoms with van der Waals surface area (Å²) in [6.45, 7) is 9.99. The third kappa shape index (κ3) is 5.88. The molecule has 7 heteroatoms. The van der Waals surface area contributed by atoms with E-state index in [2.05, 4.69) is 4.90 Å². The van der Waals surface area contributed by atoms with E-state index in [0.29, 0.717) is 32.2 Å². The van der Waals surface area contributed by atoms with Crippen LogP contribution in [-0.2, 0) is 4.74 Å². The van der Waals surface area contributed by atoms with Crippen molar-refractivity contribution in [1.29, 1.82) is 0 Å². The maximum Gasteiger partial charge on any atom is 0.410 e. The van der Waals surface area contributed by atoms with Crippen LogP contribution in [0.2, 0.25) is 0 Å². The number of alkyl halides is 2. The third-order valence-electron chi connectivity index (χ3n) is 4.44. The van der Waals surface area contributed by atoms with Gasteiger partial charge in [0.1, 0.15) is 5.60 Å². The fourth-order valence-electron chi connectivity index (χ4n) is 3.25. The lowest BCUT2D eigenvalue weighted by Crippen LogP contribution is -2.54. The number of piperazine rings is 1. The van der Waals surface area contributed by atoms with Gasteiger partial charge in [-0.3, -0.25) is 9.80 Å². The highest BCUT2D eigenvalue weighted by atomic mass is 19.3. The maximum absolute atomic E-state index is 12.4. The molecule has 5 nitrogen and oxygen atoms in total. The molecule has 0 radical (unpaired) electrons. The van der Waals surface area contributed by atoms with Gasteiger partial charge in [0.15, 0.2) is 0 Å². The second kappa shape index (κ2) is 7.75. The van der Waals surface area contributed by atoms with Crippen LogP contribution in [0.4, 0.5) is 13.6 Å². The second-order valence-corrected chi connectivity index (χ2v) is 7.43. The summed E-state index contributed by atoms with van der Waals surface area (Å²) in [7, 11) is 0. The Balaban J connectivity index is 1.72. The van der Waals surface area contributed by atoms with E-state index in [1.54, 1.807) is 4.90 Å². The minimum atomic E-state index is -2.25. The SMILES string of the molecule is CC(C)(C)OC(=O)N1CCC(N2CCN(CC(F)F)CC2)CC1. The molecule has 0 aromatic heterocycles. The zero-order valence-corrected chi connectivity index (χ0v) is 14.4. The summed E-state index contributed by atoms with van der Waals surface area (Å²) in [5.41, 5.74) is -0.463. The van der Waals surface area contributed by atoms with Crippen LogP contribution in [0.15, 0.2) is 0 Å². The van der Waals surface area contributed by atoms with Gasteiger partial charge in [0.05, 0.1) is 6.54 Å². The van der Waals surface area contributed by atoms with Crippen LogP contribution in [0.25, 0.3) is 0 Å². The average Bonchev–Trinajstić information content (AvgIpc) is 2.46. The van der Waals surface area contributed by atoms with Gasteiger partial charge in [0.25, 0.3) is 6.43 Å². The first-order valence-corrected chi connectivity index (χ1v) is 8.47. The molecule has 0 spiro atoms. The highest BCUT2D eigenvalue weighted by molar-refractivity contribution is 5.68. The summed E-state index contributed by atoms with van der Waals surface area (Å²) in [5, 5.41) is 0. The lowest BCUT2D eigenvalue weighted by molar-refractivity contribution is 0.00608. The maximum atomic E-state index is 12.4. The molecular formula is C16H29F2N3O2. The van der Waals surface area contributed by atoms with Gasteiger partial charge in [-0.15, -0.1) is 0 Å². The van der Waals surface area contributed by atoms with E-state index in [4.69, 9.17) is 4.74 Å². The predicted octanol–water partition coefficient (Wildman–Crippen LogP) is 2.27. The Morgan fingerprint density at radius 3 is 2.13 bits per heavy atom. The smallest absolute Gasteiger partial charge is 0.410 e. The van der Waals surface area contributed by atoms with E-state index in [1.807, 2.05) is 25.7 Å². The number of hydrogen-bond donors (Lipinski definition) is 0. The predicted molar refractivity (Wildman–Crippen MR) is 84.8 cm³/mol. The van der Waals surface area contributed by atoms with Crippen molar-refractivity contribution in [3.63, 3.8) is 0 Å². The Labute approximate surface area is 137 Å². The van der Waals surface area contributed by atoms with Crippen molar-refractivity contribution >= 4 is 6.09 Å². The van der Waals surface area contributed by atoms with Gasteiger partial charge in [-0.25, -0.2) is 13.6 Å². The van der Waals surface area contributed by atoms with Crippen molar-refractivity contribution in [2.24, 2.45) is 0 Å². The van der Waals surface area contributed by atoms with Crippen LogP contribution in [-0.4, -0.2) is 84.7 Å². The molecular weight excluding hydrogens is 304 g/mol. The Morgan fingerprint density at radius 1 is 1.09 bits per heavy atom. The monoisotopic (exact) mass is 333 g/mol. The molecule has 2 saturated heterocycles. The molecule has 2 aliphatic heterocycles. The van der Waals surface area contributed by atoms with Gasteiger partial charge >= 0.3 is 6.09 Å². The Bertz CT molecular complexity index is 385. The lowest BCUT2D eigenvalue weighted by atomic mass is 10.0. The first kappa shape index (κ1) is 18.4. The van der Waals surface area contributed by atoms with Crippen molar-refractivity contribution < 1.29 is 18.3 Å². The first-order valence-electron chi connectivity index (χ1n) is 8.47. The average molecular weight is 333 g/mol. The fraction of sp³-hybridized carbons (Fsp3) is 0.938. The second-order valence-electron chi connectivity index (χ2n) is 7.43. The number of ether oxygens (including phenoxy) is 1. The number of halogens is 2. The van der Waals surface area contributed by atoms with Crippen molar-refractivity contribution in [3.8, 4) is 0 Å². The minimum Gasteiger partial charge on any atom is -0.444 e. The molecule has 134 valence electrons. The summed E-state index contributed by atoms with van der Waals surface area (Å²) in [5.74, 6) is 0. The summed E-state index contributed by atoms with van der Waals surface area (Å²) in [4.78, 5) is 18.0. The quantitative estimate of drug-likeness (QED) is 0.794. The molecule has 2 aliphatic rings. The molecule has 0 atom stereocenters. The van der Waals surface area contributed by atoms with E-state index in [9.17, 15) is 13.6 Å². The van der Waals surface area contributed by atoms with Gasteiger partial charge in [0, 0.05) is 45.3 Å². The lowest BCUT2D eigenvalue weighted by Gasteiger charge is -2.42. The molecule has 23 heavy (non-hydrogen) atoms. The number of carbonyl (C=O) groups is 1. The highest BCUT2D eigenvalue weighted by Gasteiger charge is 2.31. The molecule has 0 saturated carbocycles. The van der Waals surface area contributed by atoms with Crippen LogP contribution < -0.4 is 0 Å². The van der Waals surface area contributed by atoms with E-state index in [1.165, 1.54) is 0 Å². The largest absolute Gasteiger partial charge is 0.444 e. The van der Waals surface area contributed by atoms with Crippen molar-refractivity contribution in [2.45, 2.75) is 51.7 Å². The first-order chi connectivity index (χ1) is 10.7. The normalized spacial score (nSPS) is 22.6. The van der Waals surface area contributed by atoms with Gasteiger partial charge in [-0.2, -0.15) is 0 Å². The minimum absolute atomic E-state index is 0.120. The number of amides is 1. The molecule has 0 bridgehead atoms. The summed E-state index contributed by atoms with van der Waals surface area (Å²) < 4.78 is 30.2. The van der Waals surface area contributed by atoms with Gasteiger partial charge in [0.2, 0.25) is 0 Å². The van der Waals surface area contributed by atoms with Gasteiger partial charge in [-0.1, -0.05) is 0 Å².